The molecule has 0 saturated carbocycles. The normalized spacial score (nSPS) is 12.2. The van der Waals surface area contributed by atoms with Crippen LogP contribution in [0.5, 0.6) is 0 Å². The highest BCUT2D eigenvalue weighted by Crippen LogP contribution is 2.21. The summed E-state index contributed by atoms with van der Waals surface area (Å²) >= 11 is 3.01. The van der Waals surface area contributed by atoms with Crippen molar-refractivity contribution in [2.24, 2.45) is 0 Å². The summed E-state index contributed by atoms with van der Waals surface area (Å²) in [6.07, 6.45) is -1.27. The Morgan fingerprint density at radius 3 is 2.44 bits per heavy atom. The number of hydrogen-bond acceptors (Lipinski definition) is 2. The Morgan fingerprint density at radius 2 is 1.83 bits per heavy atom. The summed E-state index contributed by atoms with van der Waals surface area (Å²) < 4.78 is 13.6. The molecule has 1 N–H and O–H groups in total. The van der Waals surface area contributed by atoms with Gasteiger partial charge in [-0.25, -0.2) is 4.39 Å². The third kappa shape index (κ3) is 2.66. The monoisotopic (exact) mass is 308 g/mol. The van der Waals surface area contributed by atoms with E-state index >= 15 is 0 Å². The van der Waals surface area contributed by atoms with E-state index in [0.29, 0.717) is 5.56 Å². The van der Waals surface area contributed by atoms with Crippen molar-refractivity contribution in [2.75, 3.05) is 0 Å². The predicted octanol–water partition coefficient (Wildman–Crippen LogP) is 3.50. The minimum Gasteiger partial charge on any atom is -0.380 e. The second-order valence-electron chi connectivity index (χ2n) is 3.81. The second-order valence-corrected chi connectivity index (χ2v) is 4.66. The van der Waals surface area contributed by atoms with E-state index in [1.54, 1.807) is 30.3 Å². The number of carbonyl (C=O) groups is 1. The molecule has 2 nitrogen and oxygen atoms in total. The van der Waals surface area contributed by atoms with Crippen LogP contribution in [0.25, 0.3) is 0 Å². The number of benzene rings is 2. The highest BCUT2D eigenvalue weighted by atomic mass is 79.9. The van der Waals surface area contributed by atoms with Gasteiger partial charge in [0.05, 0.1) is 4.47 Å². The van der Waals surface area contributed by atoms with Crippen molar-refractivity contribution in [1.29, 1.82) is 0 Å². The molecule has 92 valence electrons. The number of rotatable bonds is 3. The second kappa shape index (κ2) is 5.42. The van der Waals surface area contributed by atoms with Crippen LogP contribution in [0.2, 0.25) is 0 Å². The lowest BCUT2D eigenvalue weighted by Crippen LogP contribution is -2.12. The summed E-state index contributed by atoms with van der Waals surface area (Å²) in [5, 5.41) is 9.92. The lowest BCUT2D eigenvalue weighted by Gasteiger charge is -2.10. The Kier molecular flexibility index (Phi) is 3.89. The van der Waals surface area contributed by atoms with Crippen molar-refractivity contribution in [1.82, 2.24) is 0 Å². The quantitative estimate of drug-likeness (QED) is 0.881. The van der Waals surface area contributed by atoms with Crippen molar-refractivity contribution in [2.45, 2.75) is 6.10 Å². The minimum atomic E-state index is -1.27. The van der Waals surface area contributed by atoms with Gasteiger partial charge in [0.25, 0.3) is 0 Å². The lowest BCUT2D eigenvalue weighted by molar-refractivity contribution is 0.0747. The molecule has 2 rings (SSSR count). The van der Waals surface area contributed by atoms with Gasteiger partial charge in [-0.05, 0) is 39.7 Å². The first kappa shape index (κ1) is 12.9. The van der Waals surface area contributed by atoms with Crippen LogP contribution < -0.4 is 0 Å². The van der Waals surface area contributed by atoms with E-state index in [1.165, 1.54) is 12.1 Å². The fourth-order valence-corrected chi connectivity index (χ4v) is 1.84. The Morgan fingerprint density at radius 1 is 1.17 bits per heavy atom. The molecule has 1 unspecified atom stereocenters. The molecular formula is C14H10BrFO2. The first-order valence-corrected chi connectivity index (χ1v) is 6.11. The summed E-state index contributed by atoms with van der Waals surface area (Å²) in [6.45, 7) is 0. The van der Waals surface area contributed by atoms with Gasteiger partial charge in [-0.2, -0.15) is 0 Å². The van der Waals surface area contributed by atoms with Gasteiger partial charge in [-0.3, -0.25) is 4.79 Å². The highest BCUT2D eigenvalue weighted by molar-refractivity contribution is 9.10. The van der Waals surface area contributed by atoms with Crippen LogP contribution in [0.3, 0.4) is 0 Å². The van der Waals surface area contributed by atoms with Crippen LogP contribution in [-0.2, 0) is 0 Å². The van der Waals surface area contributed by atoms with E-state index < -0.39 is 17.7 Å². The van der Waals surface area contributed by atoms with E-state index in [4.69, 9.17) is 0 Å². The third-order valence-electron chi connectivity index (χ3n) is 2.57. The fraction of sp³-hybridized carbons (Fsp3) is 0.0714. The molecule has 0 aromatic heterocycles. The molecule has 0 radical (unpaired) electrons. The standard InChI is InChI=1S/C14H10BrFO2/c15-11-7-6-10(8-12(11)16)14(18)13(17)9-4-2-1-3-5-9/h1-8,13,17H. The van der Waals surface area contributed by atoms with Gasteiger partial charge >= 0.3 is 0 Å². The maximum absolute atomic E-state index is 13.3. The molecule has 1 atom stereocenters. The van der Waals surface area contributed by atoms with E-state index in [0.717, 1.165) is 6.07 Å². The van der Waals surface area contributed by atoms with E-state index in [-0.39, 0.29) is 10.0 Å². The van der Waals surface area contributed by atoms with Gasteiger partial charge in [0, 0.05) is 5.56 Å². The average molecular weight is 309 g/mol. The maximum Gasteiger partial charge on any atom is 0.195 e. The van der Waals surface area contributed by atoms with Crippen molar-refractivity contribution in [3.63, 3.8) is 0 Å². The molecule has 2 aromatic rings. The molecule has 0 spiro atoms. The zero-order chi connectivity index (χ0) is 13.1. The van der Waals surface area contributed by atoms with E-state index in [2.05, 4.69) is 15.9 Å². The van der Waals surface area contributed by atoms with Gasteiger partial charge in [0.15, 0.2) is 5.78 Å². The highest BCUT2D eigenvalue weighted by Gasteiger charge is 2.19. The van der Waals surface area contributed by atoms with E-state index in [1.807, 2.05) is 0 Å². The summed E-state index contributed by atoms with van der Waals surface area (Å²) in [7, 11) is 0. The molecule has 0 bridgehead atoms. The number of aliphatic hydroxyl groups excluding tert-OH is 1. The minimum absolute atomic E-state index is 0.145. The maximum atomic E-state index is 13.3. The van der Waals surface area contributed by atoms with E-state index in [9.17, 15) is 14.3 Å². The van der Waals surface area contributed by atoms with Crippen LogP contribution in [0.1, 0.15) is 22.0 Å². The van der Waals surface area contributed by atoms with Gasteiger partial charge in [-0.1, -0.05) is 30.3 Å². The number of halogens is 2. The molecule has 0 saturated heterocycles. The van der Waals surface area contributed by atoms with Crippen LogP contribution in [0, 0.1) is 5.82 Å². The Bertz CT molecular complexity index is 569. The lowest BCUT2D eigenvalue weighted by atomic mass is 10.00. The van der Waals surface area contributed by atoms with Gasteiger partial charge in [-0.15, -0.1) is 0 Å². The summed E-state index contributed by atoms with van der Waals surface area (Å²) in [6, 6.07) is 12.6. The topological polar surface area (TPSA) is 37.3 Å². The van der Waals surface area contributed by atoms with Gasteiger partial charge < -0.3 is 5.11 Å². The summed E-state index contributed by atoms with van der Waals surface area (Å²) in [4.78, 5) is 12.0. The first-order valence-electron chi connectivity index (χ1n) is 5.32. The first-order chi connectivity index (χ1) is 8.59. The predicted molar refractivity (Wildman–Crippen MR) is 69.8 cm³/mol. The molecule has 0 amide bonds. The number of carbonyl (C=O) groups excluding carboxylic acids is 1. The molecule has 4 heteroatoms. The Balaban J connectivity index is 2.29. The zero-order valence-electron chi connectivity index (χ0n) is 9.31. The molecule has 0 fully saturated rings. The molecule has 0 heterocycles. The van der Waals surface area contributed by atoms with Crippen LogP contribution in [-0.4, -0.2) is 10.9 Å². The van der Waals surface area contributed by atoms with Crippen molar-refractivity contribution < 1.29 is 14.3 Å². The largest absolute Gasteiger partial charge is 0.380 e. The van der Waals surface area contributed by atoms with Crippen molar-refractivity contribution in [3.05, 3.63) is 69.9 Å². The average Bonchev–Trinajstić information content (AvgIpc) is 2.41. The van der Waals surface area contributed by atoms with Crippen LogP contribution >= 0.6 is 15.9 Å². The Hall–Kier alpha value is -1.52. The molecule has 18 heavy (non-hydrogen) atoms. The van der Waals surface area contributed by atoms with Gasteiger partial charge in [0.1, 0.15) is 11.9 Å². The number of hydrogen-bond donors (Lipinski definition) is 1. The molecular weight excluding hydrogens is 299 g/mol. The van der Waals surface area contributed by atoms with Crippen LogP contribution in [0.4, 0.5) is 4.39 Å². The molecule has 2 aromatic carbocycles. The number of ketones is 1. The molecule has 0 aliphatic heterocycles. The smallest absolute Gasteiger partial charge is 0.195 e. The SMILES string of the molecule is O=C(c1ccc(Br)c(F)c1)C(O)c1ccccc1. The summed E-state index contributed by atoms with van der Waals surface area (Å²) in [5.41, 5.74) is 0.637. The molecule has 0 aliphatic carbocycles. The zero-order valence-corrected chi connectivity index (χ0v) is 10.9. The van der Waals surface area contributed by atoms with Crippen molar-refractivity contribution in [3.8, 4) is 0 Å². The van der Waals surface area contributed by atoms with Crippen molar-refractivity contribution >= 4 is 21.7 Å². The summed E-state index contributed by atoms with van der Waals surface area (Å²) in [5.74, 6) is -1.05. The molecule has 0 aliphatic rings. The number of aliphatic hydroxyl groups is 1. The fourth-order valence-electron chi connectivity index (χ4n) is 1.59. The van der Waals surface area contributed by atoms with Gasteiger partial charge in [0.2, 0.25) is 0 Å². The Labute approximate surface area is 112 Å². The third-order valence-corrected chi connectivity index (χ3v) is 3.21. The van der Waals surface area contributed by atoms with Crippen LogP contribution in [0.15, 0.2) is 53.0 Å². The number of Topliss-reactive ketones (excluding diaryl/α,β-unsaturated/α-hetero) is 1.